The average molecular weight is 280 g/mol. The third-order valence-electron chi connectivity index (χ3n) is 3.24. The van der Waals surface area contributed by atoms with E-state index >= 15 is 0 Å². The van der Waals surface area contributed by atoms with Crippen molar-refractivity contribution in [1.29, 1.82) is 0 Å². The van der Waals surface area contributed by atoms with Crippen molar-refractivity contribution < 1.29 is 9.59 Å². The average Bonchev–Trinajstić information content (AvgIpc) is 2.85. The number of nitrogens with two attached hydrogens (primary N) is 1. The van der Waals surface area contributed by atoms with Crippen molar-refractivity contribution in [1.82, 2.24) is 19.9 Å². The van der Waals surface area contributed by atoms with Gasteiger partial charge in [-0.3, -0.25) is 9.59 Å². The molecule has 0 radical (unpaired) electrons. The summed E-state index contributed by atoms with van der Waals surface area (Å²) in [5.41, 5.74) is 5.85. The predicted octanol–water partition coefficient (Wildman–Crippen LogP) is -0.424. The Kier molecular flexibility index (Phi) is 4.67. The summed E-state index contributed by atoms with van der Waals surface area (Å²) >= 11 is 0. The van der Waals surface area contributed by atoms with E-state index in [0.717, 1.165) is 19.4 Å². The highest BCUT2D eigenvalue weighted by molar-refractivity contribution is 5.89. The van der Waals surface area contributed by atoms with E-state index in [4.69, 9.17) is 5.73 Å². The number of nitrogens with zero attached hydrogens (tertiary/aromatic N) is 4. The molecule has 2 amide bonds. The topological polar surface area (TPSA) is 106 Å². The van der Waals surface area contributed by atoms with Crippen LogP contribution in [0.25, 0.3) is 0 Å². The Morgan fingerprint density at radius 2 is 2.35 bits per heavy atom. The number of carbonyl (C=O) groups is 2. The minimum absolute atomic E-state index is 0.0292. The molecule has 1 unspecified atom stereocenters. The van der Waals surface area contributed by atoms with Crippen LogP contribution >= 0.6 is 0 Å². The van der Waals surface area contributed by atoms with Crippen LogP contribution in [0.1, 0.15) is 26.2 Å². The molecule has 0 spiro atoms. The lowest BCUT2D eigenvalue weighted by Crippen LogP contribution is -2.46. The molecule has 2 heterocycles. The van der Waals surface area contributed by atoms with Crippen LogP contribution in [-0.4, -0.2) is 50.8 Å². The van der Waals surface area contributed by atoms with Gasteiger partial charge in [0.05, 0.1) is 6.20 Å². The normalized spacial score (nSPS) is 18.9. The number of anilines is 1. The first-order valence-corrected chi connectivity index (χ1v) is 6.82. The van der Waals surface area contributed by atoms with Gasteiger partial charge in [-0.2, -0.15) is 0 Å². The second-order valence-corrected chi connectivity index (χ2v) is 4.95. The first-order chi connectivity index (χ1) is 9.58. The summed E-state index contributed by atoms with van der Waals surface area (Å²) in [7, 11) is 0. The molecule has 0 aliphatic carbocycles. The molecular formula is C12H20N6O2. The van der Waals surface area contributed by atoms with Gasteiger partial charge in [0, 0.05) is 25.6 Å². The molecule has 1 saturated heterocycles. The quantitative estimate of drug-likeness (QED) is 0.779. The molecule has 1 fully saturated rings. The summed E-state index contributed by atoms with van der Waals surface area (Å²) in [5.74, 6) is 0.198. The Hall–Kier alpha value is -1.96. The lowest BCUT2D eigenvalue weighted by molar-refractivity contribution is -0.133. The molecule has 0 aromatic carbocycles. The molecular weight excluding hydrogens is 260 g/mol. The van der Waals surface area contributed by atoms with Crippen LogP contribution in [0.3, 0.4) is 0 Å². The van der Waals surface area contributed by atoms with Crippen LogP contribution in [0.4, 0.5) is 5.82 Å². The summed E-state index contributed by atoms with van der Waals surface area (Å²) in [4.78, 5) is 25.1. The van der Waals surface area contributed by atoms with E-state index < -0.39 is 0 Å². The van der Waals surface area contributed by atoms with E-state index in [9.17, 15) is 9.59 Å². The maximum Gasteiger partial charge on any atom is 0.244 e. The number of nitrogens with one attached hydrogen (secondary N) is 1. The molecule has 1 aromatic rings. The summed E-state index contributed by atoms with van der Waals surface area (Å²) < 4.78 is 1.42. The van der Waals surface area contributed by atoms with Crippen LogP contribution in [0, 0.1) is 0 Å². The number of hydrogen-bond donors (Lipinski definition) is 2. The number of piperidine rings is 1. The van der Waals surface area contributed by atoms with Gasteiger partial charge in [0.2, 0.25) is 11.8 Å². The van der Waals surface area contributed by atoms with Crippen LogP contribution in [-0.2, 0) is 16.1 Å². The van der Waals surface area contributed by atoms with E-state index in [-0.39, 0.29) is 24.4 Å². The molecule has 0 bridgehead atoms. The molecule has 1 aliphatic heterocycles. The minimum atomic E-state index is -0.134. The maximum atomic E-state index is 12.1. The lowest BCUT2D eigenvalue weighted by Gasteiger charge is -2.30. The number of aromatic nitrogens is 3. The molecule has 20 heavy (non-hydrogen) atoms. The minimum Gasteiger partial charge on any atom is -0.340 e. The number of amides is 2. The largest absolute Gasteiger partial charge is 0.340 e. The van der Waals surface area contributed by atoms with Crippen molar-refractivity contribution in [2.24, 2.45) is 5.73 Å². The van der Waals surface area contributed by atoms with E-state index in [2.05, 4.69) is 15.6 Å². The van der Waals surface area contributed by atoms with Crippen molar-refractivity contribution in [3.05, 3.63) is 6.20 Å². The zero-order chi connectivity index (χ0) is 14.5. The zero-order valence-corrected chi connectivity index (χ0v) is 11.6. The van der Waals surface area contributed by atoms with Crippen molar-refractivity contribution in [2.45, 2.75) is 38.8 Å². The van der Waals surface area contributed by atoms with Crippen LogP contribution in [0.5, 0.6) is 0 Å². The molecule has 1 aromatic heterocycles. The molecule has 8 nitrogen and oxygen atoms in total. The maximum absolute atomic E-state index is 12.1. The first-order valence-electron chi connectivity index (χ1n) is 6.82. The van der Waals surface area contributed by atoms with Crippen LogP contribution in [0.15, 0.2) is 6.20 Å². The van der Waals surface area contributed by atoms with Gasteiger partial charge in [0.1, 0.15) is 6.54 Å². The van der Waals surface area contributed by atoms with E-state index in [0.29, 0.717) is 18.8 Å². The van der Waals surface area contributed by atoms with Gasteiger partial charge < -0.3 is 16.0 Å². The van der Waals surface area contributed by atoms with Gasteiger partial charge in [-0.15, -0.1) is 5.10 Å². The van der Waals surface area contributed by atoms with E-state index in [1.54, 1.807) is 18.0 Å². The summed E-state index contributed by atoms with van der Waals surface area (Å²) in [6.45, 7) is 3.19. The first kappa shape index (κ1) is 14.4. The van der Waals surface area contributed by atoms with Crippen molar-refractivity contribution in [3.63, 3.8) is 0 Å². The molecule has 1 aliphatic rings. The highest BCUT2D eigenvalue weighted by atomic mass is 16.2. The van der Waals surface area contributed by atoms with Gasteiger partial charge in [0.15, 0.2) is 5.82 Å². The molecule has 0 saturated carbocycles. The highest BCUT2D eigenvalue weighted by Gasteiger charge is 2.21. The lowest BCUT2D eigenvalue weighted by atomic mass is 10.1. The number of carbonyl (C=O) groups excluding carboxylic acids is 2. The number of rotatable bonds is 4. The molecule has 8 heteroatoms. The summed E-state index contributed by atoms with van der Waals surface area (Å²) in [6, 6.07) is 0.0582. The zero-order valence-electron chi connectivity index (χ0n) is 11.6. The Morgan fingerprint density at radius 3 is 3.05 bits per heavy atom. The van der Waals surface area contributed by atoms with Crippen LogP contribution in [0.2, 0.25) is 0 Å². The fourth-order valence-corrected chi connectivity index (χ4v) is 2.14. The van der Waals surface area contributed by atoms with Gasteiger partial charge >= 0.3 is 0 Å². The standard InChI is InChI=1S/C12H20N6O2/c1-2-11(19)14-10-7-18(16-15-10)8-12(20)17-5-3-4-9(13)6-17/h7,9H,2-6,8,13H2,1H3,(H,14,19). The van der Waals surface area contributed by atoms with Gasteiger partial charge in [-0.25, -0.2) is 4.68 Å². The van der Waals surface area contributed by atoms with Crippen molar-refractivity contribution in [3.8, 4) is 0 Å². The van der Waals surface area contributed by atoms with Gasteiger partial charge in [-0.05, 0) is 12.8 Å². The second kappa shape index (κ2) is 6.47. The Balaban J connectivity index is 1.89. The van der Waals surface area contributed by atoms with E-state index in [1.807, 2.05) is 0 Å². The molecule has 2 rings (SSSR count). The second-order valence-electron chi connectivity index (χ2n) is 4.95. The fraction of sp³-hybridized carbons (Fsp3) is 0.667. The summed E-state index contributed by atoms with van der Waals surface area (Å²) in [5, 5.41) is 10.2. The van der Waals surface area contributed by atoms with Crippen molar-refractivity contribution >= 4 is 17.6 Å². The third kappa shape index (κ3) is 3.77. The predicted molar refractivity (Wildman–Crippen MR) is 72.7 cm³/mol. The van der Waals surface area contributed by atoms with Crippen molar-refractivity contribution in [2.75, 3.05) is 18.4 Å². The Labute approximate surface area is 117 Å². The Bertz CT molecular complexity index is 486. The fourth-order valence-electron chi connectivity index (χ4n) is 2.14. The smallest absolute Gasteiger partial charge is 0.244 e. The number of hydrogen-bond acceptors (Lipinski definition) is 5. The van der Waals surface area contributed by atoms with Gasteiger partial charge in [-0.1, -0.05) is 12.1 Å². The third-order valence-corrected chi connectivity index (χ3v) is 3.24. The molecule has 1 atom stereocenters. The monoisotopic (exact) mass is 280 g/mol. The van der Waals surface area contributed by atoms with Gasteiger partial charge in [0.25, 0.3) is 0 Å². The summed E-state index contributed by atoms with van der Waals surface area (Å²) in [6.07, 6.45) is 3.81. The number of likely N-dealkylation sites (tertiary alicyclic amines) is 1. The SMILES string of the molecule is CCC(=O)Nc1cn(CC(=O)N2CCCC(N)C2)nn1. The molecule has 3 N–H and O–H groups in total. The molecule has 110 valence electrons. The highest BCUT2D eigenvalue weighted by Crippen LogP contribution is 2.09. The van der Waals surface area contributed by atoms with E-state index in [1.165, 1.54) is 4.68 Å². The Morgan fingerprint density at radius 1 is 1.55 bits per heavy atom. The van der Waals surface area contributed by atoms with Crippen LogP contribution < -0.4 is 11.1 Å².